The summed E-state index contributed by atoms with van der Waals surface area (Å²) < 4.78 is 13.6. The minimum Gasteiger partial charge on any atom is -0.341 e. The van der Waals surface area contributed by atoms with Gasteiger partial charge in [-0.25, -0.2) is 4.39 Å². The lowest BCUT2D eigenvalue weighted by Crippen LogP contribution is -2.38. The van der Waals surface area contributed by atoms with Crippen LogP contribution in [0.4, 0.5) is 4.39 Å². The Morgan fingerprint density at radius 2 is 1.76 bits per heavy atom. The average Bonchev–Trinajstić information content (AvgIpc) is 2.98. The van der Waals surface area contributed by atoms with Crippen molar-refractivity contribution in [3.8, 4) is 11.1 Å². The first-order valence-corrected chi connectivity index (χ1v) is 11.3. The lowest BCUT2D eigenvalue weighted by atomic mass is 9.95. The second-order valence-corrected chi connectivity index (χ2v) is 8.40. The summed E-state index contributed by atoms with van der Waals surface area (Å²) in [5, 5.41) is 0. The number of carbonyl (C=O) groups excluding carboxylic acids is 2. The third-order valence-corrected chi connectivity index (χ3v) is 6.14. The van der Waals surface area contributed by atoms with Crippen LogP contribution in [0.2, 0.25) is 0 Å². The first-order chi connectivity index (χ1) is 16.0. The van der Waals surface area contributed by atoms with Gasteiger partial charge in [-0.15, -0.1) is 0 Å². The van der Waals surface area contributed by atoms with Crippen LogP contribution in [0.15, 0.2) is 73.1 Å². The van der Waals surface area contributed by atoms with Gasteiger partial charge in [0.15, 0.2) is 0 Å². The van der Waals surface area contributed by atoms with E-state index in [4.69, 9.17) is 0 Å². The summed E-state index contributed by atoms with van der Waals surface area (Å²) in [4.78, 5) is 33.9. The highest BCUT2D eigenvalue weighted by Crippen LogP contribution is 2.23. The molecule has 0 aliphatic carbocycles. The molecular weight excluding hydrogens is 417 g/mol. The van der Waals surface area contributed by atoms with Crippen molar-refractivity contribution in [3.05, 3.63) is 90.0 Å². The molecule has 0 radical (unpaired) electrons. The molecule has 0 bridgehead atoms. The Balaban J connectivity index is 1.53. The van der Waals surface area contributed by atoms with Gasteiger partial charge in [-0.1, -0.05) is 36.4 Å². The van der Waals surface area contributed by atoms with Crippen LogP contribution < -0.4 is 0 Å². The van der Waals surface area contributed by atoms with E-state index in [1.807, 2.05) is 42.2 Å². The van der Waals surface area contributed by atoms with Crippen molar-refractivity contribution in [1.29, 1.82) is 0 Å². The predicted octanol–water partition coefficient (Wildman–Crippen LogP) is 3.98. The Bertz CT molecular complexity index is 1120. The van der Waals surface area contributed by atoms with E-state index in [0.29, 0.717) is 38.2 Å². The van der Waals surface area contributed by atoms with E-state index in [1.54, 1.807) is 29.4 Å². The number of amides is 2. The molecule has 2 amide bonds. The number of benzene rings is 2. The van der Waals surface area contributed by atoms with E-state index in [0.717, 1.165) is 16.7 Å². The fraction of sp³-hybridized carbons (Fsp3) is 0.296. The number of carbonyl (C=O) groups is 2. The highest BCUT2D eigenvalue weighted by molar-refractivity contribution is 5.83. The molecular formula is C27H28FN3O2. The Morgan fingerprint density at radius 3 is 2.52 bits per heavy atom. The van der Waals surface area contributed by atoms with Crippen LogP contribution in [0.5, 0.6) is 0 Å². The number of hydrogen-bond donors (Lipinski definition) is 0. The van der Waals surface area contributed by atoms with E-state index >= 15 is 0 Å². The van der Waals surface area contributed by atoms with Crippen LogP contribution in [0.25, 0.3) is 11.1 Å². The fourth-order valence-corrected chi connectivity index (χ4v) is 4.38. The quantitative estimate of drug-likeness (QED) is 0.577. The Morgan fingerprint density at radius 1 is 1.00 bits per heavy atom. The number of halogens is 1. The number of rotatable bonds is 6. The number of nitrogens with zero attached hydrogens (tertiary/aromatic N) is 3. The van der Waals surface area contributed by atoms with Crippen molar-refractivity contribution in [2.24, 2.45) is 5.92 Å². The zero-order valence-corrected chi connectivity index (χ0v) is 18.8. The van der Waals surface area contributed by atoms with Crippen LogP contribution in [0, 0.1) is 11.7 Å². The number of pyridine rings is 1. The molecule has 3 aromatic rings. The zero-order chi connectivity index (χ0) is 23.2. The molecule has 1 saturated heterocycles. The molecule has 1 aromatic heterocycles. The third-order valence-electron chi connectivity index (χ3n) is 6.14. The van der Waals surface area contributed by atoms with E-state index in [1.165, 1.54) is 12.1 Å². The van der Waals surface area contributed by atoms with Crippen LogP contribution in [0.1, 0.15) is 18.1 Å². The van der Waals surface area contributed by atoms with E-state index < -0.39 is 0 Å². The van der Waals surface area contributed by atoms with Crippen molar-refractivity contribution in [2.75, 3.05) is 26.2 Å². The minimum absolute atomic E-state index is 0.0767. The van der Waals surface area contributed by atoms with Crippen molar-refractivity contribution in [1.82, 2.24) is 14.8 Å². The maximum Gasteiger partial charge on any atom is 0.227 e. The van der Waals surface area contributed by atoms with E-state index in [9.17, 15) is 14.0 Å². The number of hydrogen-bond acceptors (Lipinski definition) is 3. The Kier molecular flexibility index (Phi) is 7.13. The molecule has 0 saturated carbocycles. The first-order valence-electron chi connectivity index (χ1n) is 11.3. The Hall–Kier alpha value is -3.54. The van der Waals surface area contributed by atoms with Gasteiger partial charge in [-0.05, 0) is 59.9 Å². The Labute approximate surface area is 193 Å². The maximum absolute atomic E-state index is 13.6. The highest BCUT2D eigenvalue weighted by atomic mass is 19.1. The third kappa shape index (κ3) is 5.64. The van der Waals surface area contributed by atoms with E-state index in [2.05, 4.69) is 11.1 Å². The van der Waals surface area contributed by atoms with Gasteiger partial charge in [0, 0.05) is 38.6 Å². The first kappa shape index (κ1) is 22.6. The maximum atomic E-state index is 13.6. The molecule has 6 heteroatoms. The fourth-order valence-electron chi connectivity index (χ4n) is 4.38. The van der Waals surface area contributed by atoms with Crippen LogP contribution in [-0.4, -0.2) is 52.8 Å². The molecule has 33 heavy (non-hydrogen) atoms. The van der Waals surface area contributed by atoms with Gasteiger partial charge >= 0.3 is 0 Å². The summed E-state index contributed by atoms with van der Waals surface area (Å²) in [6.45, 7) is 3.93. The van der Waals surface area contributed by atoms with Gasteiger partial charge in [0.2, 0.25) is 11.8 Å². The molecule has 1 unspecified atom stereocenters. The molecule has 0 N–H and O–H groups in total. The molecule has 4 rings (SSSR count). The standard InChI is InChI=1S/C27H28FN3O2/c1-2-30-13-14-31(26(32)18-21-6-4-8-25(28)17-21)19-24(27(30)33)16-20-5-3-7-23(15-20)22-9-11-29-12-10-22/h3-12,15,17,24H,2,13-14,16,18-19H2,1H3. The molecule has 2 aromatic carbocycles. The summed E-state index contributed by atoms with van der Waals surface area (Å²) >= 11 is 0. The molecule has 170 valence electrons. The van der Waals surface area contributed by atoms with Crippen LogP contribution >= 0.6 is 0 Å². The summed E-state index contributed by atoms with van der Waals surface area (Å²) in [5.41, 5.74) is 3.84. The lowest BCUT2D eigenvalue weighted by Gasteiger charge is -2.24. The molecule has 1 aliphatic heterocycles. The highest BCUT2D eigenvalue weighted by Gasteiger charge is 2.31. The zero-order valence-electron chi connectivity index (χ0n) is 18.8. The van der Waals surface area contributed by atoms with Crippen molar-refractivity contribution in [3.63, 3.8) is 0 Å². The van der Waals surface area contributed by atoms with Gasteiger partial charge in [0.25, 0.3) is 0 Å². The monoisotopic (exact) mass is 445 g/mol. The molecule has 1 atom stereocenters. The van der Waals surface area contributed by atoms with Crippen LogP contribution in [0.3, 0.4) is 0 Å². The lowest BCUT2D eigenvalue weighted by molar-refractivity contribution is -0.134. The van der Waals surface area contributed by atoms with Gasteiger partial charge in [-0.2, -0.15) is 0 Å². The van der Waals surface area contributed by atoms with Gasteiger partial charge in [0.1, 0.15) is 5.82 Å². The van der Waals surface area contributed by atoms with Gasteiger partial charge in [-0.3, -0.25) is 14.6 Å². The SMILES string of the molecule is CCN1CCN(C(=O)Cc2cccc(F)c2)CC(Cc2cccc(-c3ccncc3)c2)C1=O. The molecule has 2 heterocycles. The van der Waals surface area contributed by atoms with Gasteiger partial charge in [0.05, 0.1) is 12.3 Å². The molecule has 5 nitrogen and oxygen atoms in total. The van der Waals surface area contributed by atoms with Gasteiger partial charge < -0.3 is 9.80 Å². The topological polar surface area (TPSA) is 53.5 Å². The normalized spacial score (nSPS) is 16.5. The largest absolute Gasteiger partial charge is 0.341 e. The second-order valence-electron chi connectivity index (χ2n) is 8.40. The average molecular weight is 446 g/mol. The minimum atomic E-state index is -0.351. The summed E-state index contributed by atoms with van der Waals surface area (Å²) in [6, 6.07) is 18.2. The van der Waals surface area contributed by atoms with Crippen molar-refractivity contribution in [2.45, 2.75) is 19.8 Å². The molecule has 0 spiro atoms. The molecule has 1 fully saturated rings. The number of aromatic nitrogens is 1. The van der Waals surface area contributed by atoms with Crippen molar-refractivity contribution < 1.29 is 14.0 Å². The number of likely N-dealkylation sites (N-methyl/N-ethyl adjacent to an activating group) is 1. The summed E-state index contributed by atoms with van der Waals surface area (Å²) in [6.07, 6.45) is 4.20. The summed E-state index contributed by atoms with van der Waals surface area (Å²) in [5.74, 6) is -0.679. The van der Waals surface area contributed by atoms with E-state index in [-0.39, 0.29) is 30.0 Å². The predicted molar refractivity (Wildman–Crippen MR) is 126 cm³/mol. The smallest absolute Gasteiger partial charge is 0.227 e. The summed E-state index contributed by atoms with van der Waals surface area (Å²) in [7, 11) is 0. The second kappa shape index (κ2) is 10.4. The molecule has 1 aliphatic rings. The van der Waals surface area contributed by atoms with Crippen molar-refractivity contribution >= 4 is 11.8 Å². The van der Waals surface area contributed by atoms with Crippen LogP contribution in [-0.2, 0) is 22.4 Å².